The van der Waals surface area contributed by atoms with Gasteiger partial charge in [0.1, 0.15) is 0 Å². The molecule has 0 spiro atoms. The van der Waals surface area contributed by atoms with Gasteiger partial charge in [0.05, 0.1) is 6.61 Å². The van der Waals surface area contributed by atoms with Crippen LogP contribution >= 0.6 is 0 Å². The van der Waals surface area contributed by atoms with E-state index in [2.05, 4.69) is 13.8 Å². The van der Waals surface area contributed by atoms with Gasteiger partial charge in [0, 0.05) is 0 Å². The van der Waals surface area contributed by atoms with Crippen molar-refractivity contribution in [1.29, 1.82) is 0 Å². The Kier molecular flexibility index (Phi) is 5.72. The second-order valence-electron chi connectivity index (χ2n) is 3.21. The molecule has 0 heterocycles. The van der Waals surface area contributed by atoms with E-state index in [9.17, 15) is 4.79 Å². The summed E-state index contributed by atoms with van der Waals surface area (Å²) in [5.41, 5.74) is 0. The number of carboxylic acids is 1. The molecule has 72 valence electrons. The fourth-order valence-electron chi connectivity index (χ4n) is 0.956. The Morgan fingerprint density at radius 2 is 2.08 bits per heavy atom. The standard InChI is InChI=1S/C9H18O3/c1-4-5-7(2)6-12-8(3)9(10)11/h7-8H,4-6H2,1-3H3,(H,10,11)/t7?,8-/m0/s1. The molecule has 0 radical (unpaired) electrons. The average molecular weight is 174 g/mol. The average Bonchev–Trinajstić information content (AvgIpc) is 2.00. The topological polar surface area (TPSA) is 46.5 Å². The first-order chi connectivity index (χ1) is 5.57. The first-order valence-electron chi connectivity index (χ1n) is 4.42. The van der Waals surface area contributed by atoms with Gasteiger partial charge in [-0.15, -0.1) is 0 Å². The van der Waals surface area contributed by atoms with Crippen molar-refractivity contribution in [2.45, 2.75) is 39.7 Å². The Morgan fingerprint density at radius 3 is 2.50 bits per heavy atom. The van der Waals surface area contributed by atoms with Crippen molar-refractivity contribution in [3.63, 3.8) is 0 Å². The number of carbonyl (C=O) groups is 1. The summed E-state index contributed by atoms with van der Waals surface area (Å²) in [6.07, 6.45) is 1.53. The quantitative estimate of drug-likeness (QED) is 0.669. The number of hydrogen-bond acceptors (Lipinski definition) is 2. The number of ether oxygens (including phenoxy) is 1. The van der Waals surface area contributed by atoms with Crippen LogP contribution in [0.5, 0.6) is 0 Å². The highest BCUT2D eigenvalue weighted by Crippen LogP contribution is 2.06. The smallest absolute Gasteiger partial charge is 0.332 e. The Balaban J connectivity index is 3.46. The van der Waals surface area contributed by atoms with Crippen molar-refractivity contribution < 1.29 is 14.6 Å². The van der Waals surface area contributed by atoms with Crippen molar-refractivity contribution in [3.8, 4) is 0 Å². The van der Waals surface area contributed by atoms with Crippen molar-refractivity contribution >= 4 is 5.97 Å². The van der Waals surface area contributed by atoms with Gasteiger partial charge in [-0.3, -0.25) is 0 Å². The first-order valence-corrected chi connectivity index (χ1v) is 4.42. The molecule has 0 amide bonds. The fourth-order valence-corrected chi connectivity index (χ4v) is 0.956. The zero-order chi connectivity index (χ0) is 9.56. The lowest BCUT2D eigenvalue weighted by atomic mass is 10.1. The maximum Gasteiger partial charge on any atom is 0.332 e. The minimum Gasteiger partial charge on any atom is -0.479 e. The molecule has 12 heavy (non-hydrogen) atoms. The predicted octanol–water partition coefficient (Wildman–Crippen LogP) is 1.91. The van der Waals surface area contributed by atoms with Crippen LogP contribution in [0.3, 0.4) is 0 Å². The molecule has 1 unspecified atom stereocenters. The molecule has 2 atom stereocenters. The van der Waals surface area contributed by atoms with Crippen molar-refractivity contribution in [1.82, 2.24) is 0 Å². The van der Waals surface area contributed by atoms with Crippen LogP contribution in [0.25, 0.3) is 0 Å². The number of aliphatic carboxylic acids is 1. The summed E-state index contributed by atoms with van der Waals surface area (Å²) in [4.78, 5) is 10.3. The number of hydrogen-bond donors (Lipinski definition) is 1. The molecule has 0 rings (SSSR count). The molecule has 1 N–H and O–H groups in total. The normalized spacial score (nSPS) is 15.6. The second kappa shape index (κ2) is 6.00. The Morgan fingerprint density at radius 1 is 1.50 bits per heavy atom. The highest BCUT2D eigenvalue weighted by molar-refractivity contribution is 5.71. The Bertz CT molecular complexity index is 134. The van der Waals surface area contributed by atoms with Gasteiger partial charge in [0.2, 0.25) is 0 Å². The molecule has 0 aliphatic heterocycles. The zero-order valence-electron chi connectivity index (χ0n) is 8.04. The molecular formula is C9H18O3. The van der Waals surface area contributed by atoms with E-state index in [1.807, 2.05) is 0 Å². The van der Waals surface area contributed by atoms with Gasteiger partial charge in [0.25, 0.3) is 0 Å². The minimum atomic E-state index is -0.890. The lowest BCUT2D eigenvalue weighted by molar-refractivity contribution is -0.149. The molecule has 0 fully saturated rings. The van der Waals surface area contributed by atoms with Gasteiger partial charge in [-0.1, -0.05) is 20.3 Å². The summed E-state index contributed by atoms with van der Waals surface area (Å²) in [5, 5.41) is 8.50. The molecule has 0 aliphatic carbocycles. The lowest BCUT2D eigenvalue weighted by Gasteiger charge is -2.13. The molecule has 3 heteroatoms. The second-order valence-corrected chi connectivity index (χ2v) is 3.21. The fraction of sp³-hybridized carbons (Fsp3) is 0.889. The molecule has 0 saturated heterocycles. The predicted molar refractivity (Wildman–Crippen MR) is 47.1 cm³/mol. The van der Waals surface area contributed by atoms with E-state index in [1.54, 1.807) is 6.92 Å². The van der Waals surface area contributed by atoms with Gasteiger partial charge in [-0.05, 0) is 19.3 Å². The third-order valence-electron chi connectivity index (χ3n) is 1.76. The molecule has 0 bridgehead atoms. The third-order valence-corrected chi connectivity index (χ3v) is 1.76. The summed E-state index contributed by atoms with van der Waals surface area (Å²) in [7, 11) is 0. The van der Waals surface area contributed by atoms with Gasteiger partial charge in [-0.25, -0.2) is 4.79 Å². The van der Waals surface area contributed by atoms with Crippen molar-refractivity contribution in [3.05, 3.63) is 0 Å². The van der Waals surface area contributed by atoms with Crippen LogP contribution in [0.1, 0.15) is 33.6 Å². The van der Waals surface area contributed by atoms with Gasteiger partial charge < -0.3 is 9.84 Å². The molecule has 3 nitrogen and oxygen atoms in total. The van der Waals surface area contributed by atoms with Crippen LogP contribution < -0.4 is 0 Å². The molecule has 0 aromatic rings. The van der Waals surface area contributed by atoms with E-state index >= 15 is 0 Å². The van der Waals surface area contributed by atoms with Crippen LogP contribution in [-0.4, -0.2) is 23.8 Å². The molecule has 0 aromatic carbocycles. The van der Waals surface area contributed by atoms with Crippen LogP contribution in [0.4, 0.5) is 0 Å². The van der Waals surface area contributed by atoms with Crippen LogP contribution in [0, 0.1) is 5.92 Å². The number of rotatable bonds is 6. The highest BCUT2D eigenvalue weighted by atomic mass is 16.5. The lowest BCUT2D eigenvalue weighted by Crippen LogP contribution is -2.22. The maximum absolute atomic E-state index is 10.3. The maximum atomic E-state index is 10.3. The first kappa shape index (κ1) is 11.4. The molecular weight excluding hydrogens is 156 g/mol. The van der Waals surface area contributed by atoms with E-state index in [0.717, 1.165) is 12.8 Å². The van der Waals surface area contributed by atoms with Crippen LogP contribution in [0.15, 0.2) is 0 Å². The number of carboxylic acid groups (broad SMARTS) is 1. The SMILES string of the molecule is CCCC(C)CO[C@@H](C)C(=O)O. The largest absolute Gasteiger partial charge is 0.479 e. The van der Waals surface area contributed by atoms with Crippen LogP contribution in [-0.2, 0) is 9.53 Å². The summed E-state index contributed by atoms with van der Waals surface area (Å²) in [5.74, 6) is -0.435. The molecule has 0 aliphatic rings. The summed E-state index contributed by atoms with van der Waals surface area (Å²) in [6, 6.07) is 0. The van der Waals surface area contributed by atoms with E-state index in [-0.39, 0.29) is 0 Å². The van der Waals surface area contributed by atoms with E-state index in [0.29, 0.717) is 12.5 Å². The monoisotopic (exact) mass is 174 g/mol. The zero-order valence-corrected chi connectivity index (χ0v) is 8.04. The molecule has 0 aromatic heterocycles. The third kappa shape index (κ3) is 5.13. The van der Waals surface area contributed by atoms with E-state index < -0.39 is 12.1 Å². The minimum absolute atomic E-state index is 0.455. The van der Waals surface area contributed by atoms with Gasteiger partial charge in [0.15, 0.2) is 6.10 Å². The van der Waals surface area contributed by atoms with Gasteiger partial charge >= 0.3 is 5.97 Å². The molecule has 0 saturated carbocycles. The van der Waals surface area contributed by atoms with E-state index in [4.69, 9.17) is 9.84 Å². The summed E-state index contributed by atoms with van der Waals surface area (Å²) >= 11 is 0. The summed E-state index contributed by atoms with van der Waals surface area (Å²) < 4.78 is 5.12. The van der Waals surface area contributed by atoms with Crippen molar-refractivity contribution in [2.24, 2.45) is 5.92 Å². The van der Waals surface area contributed by atoms with Crippen molar-refractivity contribution in [2.75, 3.05) is 6.61 Å². The van der Waals surface area contributed by atoms with Crippen LogP contribution in [0.2, 0.25) is 0 Å². The summed E-state index contributed by atoms with van der Waals surface area (Å²) in [6.45, 7) is 6.28. The highest BCUT2D eigenvalue weighted by Gasteiger charge is 2.12. The van der Waals surface area contributed by atoms with E-state index in [1.165, 1.54) is 0 Å². The Labute approximate surface area is 73.7 Å². The Hall–Kier alpha value is -0.570. The van der Waals surface area contributed by atoms with Gasteiger partial charge in [-0.2, -0.15) is 0 Å².